The molecular formula is C19H14FNS2. The van der Waals surface area contributed by atoms with Crippen molar-refractivity contribution in [2.24, 2.45) is 10.9 Å². The van der Waals surface area contributed by atoms with E-state index < -0.39 is 5.82 Å². The Morgan fingerprint density at radius 2 is 2.00 bits per heavy atom. The van der Waals surface area contributed by atoms with Crippen LogP contribution in [0.3, 0.4) is 0 Å². The second-order valence-electron chi connectivity index (χ2n) is 5.40. The maximum absolute atomic E-state index is 13.7. The smallest absolute Gasteiger partial charge is 0.150 e. The van der Waals surface area contributed by atoms with Gasteiger partial charge in [0.05, 0.1) is 10.0 Å². The minimum absolute atomic E-state index is 0.189. The van der Waals surface area contributed by atoms with Gasteiger partial charge in [0, 0.05) is 10.4 Å². The van der Waals surface area contributed by atoms with Crippen LogP contribution < -0.4 is 0 Å². The summed E-state index contributed by atoms with van der Waals surface area (Å²) in [7, 11) is 0. The molecule has 1 aliphatic rings. The summed E-state index contributed by atoms with van der Waals surface area (Å²) in [5, 5.41) is 2.16. The van der Waals surface area contributed by atoms with E-state index in [1.54, 1.807) is 23.5 Å². The SMILES string of the molecule is Fc1cc(C#Cc2ccc(CC3CC=CC3)s2)ccc1N=C=S. The maximum Gasteiger partial charge on any atom is 0.150 e. The van der Waals surface area contributed by atoms with Crippen molar-refractivity contribution in [3.8, 4) is 11.8 Å². The third kappa shape index (κ3) is 4.24. The highest BCUT2D eigenvalue weighted by atomic mass is 32.1. The fraction of sp³-hybridized carbons (Fsp3) is 0.211. The molecule has 0 aliphatic heterocycles. The van der Waals surface area contributed by atoms with Crippen LogP contribution in [0.25, 0.3) is 0 Å². The van der Waals surface area contributed by atoms with E-state index in [0.717, 1.165) is 17.2 Å². The van der Waals surface area contributed by atoms with Crippen molar-refractivity contribution in [3.63, 3.8) is 0 Å². The van der Waals surface area contributed by atoms with Gasteiger partial charge in [-0.2, -0.15) is 4.99 Å². The minimum atomic E-state index is -0.435. The van der Waals surface area contributed by atoms with E-state index in [1.165, 1.54) is 23.8 Å². The Labute approximate surface area is 144 Å². The van der Waals surface area contributed by atoms with Gasteiger partial charge in [0.2, 0.25) is 0 Å². The van der Waals surface area contributed by atoms with Crippen LogP contribution in [0.5, 0.6) is 0 Å². The number of thiophene rings is 1. The molecule has 114 valence electrons. The van der Waals surface area contributed by atoms with Crippen LogP contribution in [0.15, 0.2) is 47.5 Å². The van der Waals surface area contributed by atoms with Gasteiger partial charge in [0.15, 0.2) is 5.82 Å². The molecule has 23 heavy (non-hydrogen) atoms. The molecule has 0 N–H and O–H groups in total. The molecule has 0 fully saturated rings. The Kier molecular flexibility index (Phi) is 5.15. The first kappa shape index (κ1) is 15.8. The highest BCUT2D eigenvalue weighted by molar-refractivity contribution is 7.78. The van der Waals surface area contributed by atoms with Crippen molar-refractivity contribution >= 4 is 34.4 Å². The van der Waals surface area contributed by atoms with E-state index in [4.69, 9.17) is 0 Å². The lowest BCUT2D eigenvalue weighted by Crippen LogP contribution is -1.96. The zero-order valence-electron chi connectivity index (χ0n) is 12.4. The number of rotatable bonds is 3. The largest absolute Gasteiger partial charge is 0.205 e. The third-order valence-electron chi connectivity index (χ3n) is 3.70. The van der Waals surface area contributed by atoms with Crippen LogP contribution in [-0.2, 0) is 6.42 Å². The summed E-state index contributed by atoms with van der Waals surface area (Å²) in [6.45, 7) is 0. The van der Waals surface area contributed by atoms with E-state index in [-0.39, 0.29) is 5.69 Å². The fourth-order valence-corrected chi connectivity index (χ4v) is 3.61. The Bertz CT molecular complexity index is 840. The molecule has 0 atom stereocenters. The summed E-state index contributed by atoms with van der Waals surface area (Å²) in [6, 6.07) is 8.85. The predicted octanol–water partition coefficient (Wildman–Crippen LogP) is 5.53. The lowest BCUT2D eigenvalue weighted by atomic mass is 10.0. The zero-order valence-corrected chi connectivity index (χ0v) is 14.0. The lowest BCUT2D eigenvalue weighted by molar-refractivity contribution is 0.572. The normalized spacial score (nSPS) is 13.4. The van der Waals surface area contributed by atoms with Crippen molar-refractivity contribution in [1.29, 1.82) is 0 Å². The van der Waals surface area contributed by atoms with Crippen molar-refractivity contribution in [2.45, 2.75) is 19.3 Å². The number of nitrogens with zero attached hydrogens (tertiary/aromatic N) is 1. The average molecular weight is 339 g/mol. The monoisotopic (exact) mass is 339 g/mol. The van der Waals surface area contributed by atoms with Gasteiger partial charge >= 0.3 is 0 Å². The molecule has 2 aromatic rings. The molecule has 1 aliphatic carbocycles. The Hall–Kier alpha value is -2.05. The molecule has 1 aromatic heterocycles. The molecule has 4 heteroatoms. The lowest BCUT2D eigenvalue weighted by Gasteiger charge is -2.05. The Morgan fingerprint density at radius 1 is 1.17 bits per heavy atom. The minimum Gasteiger partial charge on any atom is -0.205 e. The van der Waals surface area contributed by atoms with Gasteiger partial charge in [-0.05, 0) is 67.7 Å². The van der Waals surface area contributed by atoms with Crippen LogP contribution in [-0.4, -0.2) is 5.16 Å². The number of hydrogen-bond acceptors (Lipinski definition) is 3. The number of hydrogen-bond donors (Lipinski definition) is 0. The van der Waals surface area contributed by atoms with E-state index in [2.05, 4.69) is 52.4 Å². The molecule has 3 rings (SSSR count). The number of thiocarbonyl (C=S) groups is 1. The summed E-state index contributed by atoms with van der Waals surface area (Å²) < 4.78 is 13.7. The number of benzene rings is 1. The summed E-state index contributed by atoms with van der Waals surface area (Å²) in [4.78, 5) is 6.02. The number of aliphatic imine (C=N–C) groups is 1. The van der Waals surface area contributed by atoms with Gasteiger partial charge in [0.1, 0.15) is 5.69 Å². The standard InChI is InChI=1S/C19H14FNS2/c20-18-12-15(6-10-19(18)21-13-22)5-7-16-8-9-17(23-16)11-14-3-1-2-4-14/h1-2,6,8-10,12,14H,3-4,11H2. The molecule has 0 amide bonds. The molecule has 0 radical (unpaired) electrons. The predicted molar refractivity (Wildman–Crippen MR) is 97.0 cm³/mol. The highest BCUT2D eigenvalue weighted by Crippen LogP contribution is 2.26. The van der Waals surface area contributed by atoms with Gasteiger partial charge in [-0.25, -0.2) is 4.39 Å². The number of halogens is 1. The molecule has 0 spiro atoms. The van der Waals surface area contributed by atoms with E-state index >= 15 is 0 Å². The fourth-order valence-electron chi connectivity index (χ4n) is 2.54. The third-order valence-corrected chi connectivity index (χ3v) is 4.82. The summed E-state index contributed by atoms with van der Waals surface area (Å²) >= 11 is 6.20. The van der Waals surface area contributed by atoms with Crippen molar-refractivity contribution in [1.82, 2.24) is 0 Å². The van der Waals surface area contributed by atoms with Crippen LogP contribution in [0, 0.1) is 23.6 Å². The van der Waals surface area contributed by atoms with E-state index in [0.29, 0.717) is 5.56 Å². The van der Waals surface area contributed by atoms with Crippen LogP contribution >= 0.6 is 23.6 Å². The van der Waals surface area contributed by atoms with Crippen LogP contribution in [0.4, 0.5) is 10.1 Å². The molecule has 0 unspecified atom stereocenters. The summed E-state index contributed by atoms with van der Waals surface area (Å²) in [5.41, 5.74) is 0.815. The molecule has 1 heterocycles. The Balaban J connectivity index is 1.70. The van der Waals surface area contributed by atoms with E-state index in [1.807, 2.05) is 6.07 Å². The number of isothiocyanates is 1. The van der Waals surface area contributed by atoms with Crippen molar-refractivity contribution in [2.75, 3.05) is 0 Å². The first-order valence-electron chi connectivity index (χ1n) is 7.38. The molecular weight excluding hydrogens is 325 g/mol. The summed E-state index contributed by atoms with van der Waals surface area (Å²) in [5.74, 6) is 6.40. The number of allylic oxidation sites excluding steroid dienone is 2. The van der Waals surface area contributed by atoms with Crippen LogP contribution in [0.1, 0.15) is 28.2 Å². The van der Waals surface area contributed by atoms with Crippen LogP contribution in [0.2, 0.25) is 0 Å². The molecule has 1 aromatic carbocycles. The van der Waals surface area contributed by atoms with Gasteiger partial charge in [-0.15, -0.1) is 11.3 Å². The first-order chi connectivity index (χ1) is 11.2. The second-order valence-corrected chi connectivity index (χ2v) is 6.75. The van der Waals surface area contributed by atoms with Gasteiger partial charge in [0.25, 0.3) is 0 Å². The van der Waals surface area contributed by atoms with Gasteiger partial charge in [-0.3, -0.25) is 0 Å². The van der Waals surface area contributed by atoms with E-state index in [9.17, 15) is 4.39 Å². The second kappa shape index (κ2) is 7.48. The zero-order chi connectivity index (χ0) is 16.1. The quantitative estimate of drug-likeness (QED) is 0.310. The average Bonchev–Trinajstić information content (AvgIpc) is 3.20. The Morgan fingerprint density at radius 3 is 2.74 bits per heavy atom. The molecule has 0 saturated carbocycles. The maximum atomic E-state index is 13.7. The van der Waals surface area contributed by atoms with Gasteiger partial charge in [-0.1, -0.05) is 24.0 Å². The van der Waals surface area contributed by atoms with Crippen molar-refractivity contribution < 1.29 is 4.39 Å². The highest BCUT2D eigenvalue weighted by Gasteiger charge is 2.11. The van der Waals surface area contributed by atoms with Crippen molar-refractivity contribution in [3.05, 3.63) is 63.6 Å². The first-order valence-corrected chi connectivity index (χ1v) is 8.60. The summed E-state index contributed by atoms with van der Waals surface area (Å²) in [6.07, 6.45) is 7.97. The molecule has 1 nitrogen and oxygen atoms in total. The topological polar surface area (TPSA) is 12.4 Å². The van der Waals surface area contributed by atoms with Gasteiger partial charge < -0.3 is 0 Å². The molecule has 0 saturated heterocycles. The molecule has 0 bridgehead atoms.